The second-order valence-electron chi connectivity index (χ2n) is 3.64. The molecule has 1 rings (SSSR count). The third-order valence-electron chi connectivity index (χ3n) is 2.30. The van der Waals surface area contributed by atoms with E-state index in [0.29, 0.717) is 0 Å². The first-order valence-corrected chi connectivity index (χ1v) is 5.79. The largest absolute Gasteiger partial charge is 0.417 e. The molecule has 0 unspecified atom stereocenters. The number of benzene rings is 1. The Hall–Kier alpha value is -1.08. The number of likely N-dealkylation sites (N-methyl/N-ethyl adjacent to an activating group) is 1. The van der Waals surface area contributed by atoms with Gasteiger partial charge in [0.25, 0.3) is 5.91 Å². The number of halogens is 4. The lowest BCUT2D eigenvalue weighted by Gasteiger charge is -2.17. The van der Waals surface area contributed by atoms with E-state index in [2.05, 4.69) is 15.9 Å². The van der Waals surface area contributed by atoms with E-state index in [1.165, 1.54) is 19.2 Å². The van der Waals surface area contributed by atoms with Crippen molar-refractivity contribution >= 4 is 21.8 Å². The van der Waals surface area contributed by atoms with Gasteiger partial charge in [0.15, 0.2) is 0 Å². The summed E-state index contributed by atoms with van der Waals surface area (Å²) in [5.74, 6) is -0.568. The van der Waals surface area contributed by atoms with Gasteiger partial charge < -0.3 is 10.0 Å². The van der Waals surface area contributed by atoms with Crippen LogP contribution in [0.2, 0.25) is 0 Å². The Bertz CT molecular complexity index is 448. The smallest absolute Gasteiger partial charge is 0.395 e. The number of carbonyl (C=O) groups is 1. The molecule has 0 aliphatic rings. The molecule has 100 valence electrons. The molecule has 0 aliphatic carbocycles. The van der Waals surface area contributed by atoms with E-state index in [9.17, 15) is 18.0 Å². The summed E-state index contributed by atoms with van der Waals surface area (Å²) in [6, 6.07) is 3.28. The van der Waals surface area contributed by atoms with Crippen molar-refractivity contribution in [1.29, 1.82) is 0 Å². The van der Waals surface area contributed by atoms with Crippen LogP contribution < -0.4 is 0 Å². The lowest BCUT2D eigenvalue weighted by molar-refractivity contribution is -0.138. The van der Waals surface area contributed by atoms with Crippen LogP contribution in [0.5, 0.6) is 0 Å². The van der Waals surface area contributed by atoms with Crippen LogP contribution in [0, 0.1) is 0 Å². The van der Waals surface area contributed by atoms with E-state index < -0.39 is 17.6 Å². The number of carbonyl (C=O) groups excluding carboxylic acids is 1. The van der Waals surface area contributed by atoms with Crippen LogP contribution in [-0.4, -0.2) is 36.1 Å². The van der Waals surface area contributed by atoms with Gasteiger partial charge in [-0.3, -0.25) is 4.79 Å². The summed E-state index contributed by atoms with van der Waals surface area (Å²) in [7, 11) is 1.41. The number of nitrogens with zero attached hydrogens (tertiary/aromatic N) is 1. The Morgan fingerprint density at radius 3 is 2.56 bits per heavy atom. The maximum absolute atomic E-state index is 12.6. The van der Waals surface area contributed by atoms with E-state index in [0.717, 1.165) is 11.0 Å². The number of rotatable bonds is 3. The summed E-state index contributed by atoms with van der Waals surface area (Å²) in [5.41, 5.74) is -0.966. The average molecular weight is 326 g/mol. The Labute approximate surface area is 110 Å². The Balaban J connectivity index is 3.09. The van der Waals surface area contributed by atoms with Gasteiger partial charge in [-0.2, -0.15) is 13.2 Å². The quantitative estimate of drug-likeness (QED) is 0.927. The molecule has 0 aromatic heterocycles. The normalized spacial score (nSPS) is 11.4. The predicted molar refractivity (Wildman–Crippen MR) is 63.2 cm³/mol. The molecular formula is C11H11BrF3NO2. The van der Waals surface area contributed by atoms with Gasteiger partial charge in [-0.25, -0.2) is 0 Å². The van der Waals surface area contributed by atoms with Gasteiger partial charge in [-0.05, 0) is 18.2 Å². The zero-order chi connectivity index (χ0) is 13.9. The summed E-state index contributed by atoms with van der Waals surface area (Å²) in [6.07, 6.45) is -4.52. The van der Waals surface area contributed by atoms with Crippen LogP contribution in [0.15, 0.2) is 22.7 Å². The molecule has 7 heteroatoms. The topological polar surface area (TPSA) is 40.5 Å². The molecule has 0 heterocycles. The highest BCUT2D eigenvalue weighted by Crippen LogP contribution is 2.35. The van der Waals surface area contributed by atoms with Gasteiger partial charge in [0.2, 0.25) is 0 Å². The molecule has 0 bridgehead atoms. The summed E-state index contributed by atoms with van der Waals surface area (Å²) >= 11 is 2.80. The van der Waals surface area contributed by atoms with Crippen LogP contribution in [0.3, 0.4) is 0 Å². The molecule has 0 radical (unpaired) electrons. The third kappa shape index (κ3) is 3.46. The number of alkyl halides is 3. The van der Waals surface area contributed by atoms with Crippen molar-refractivity contribution in [2.75, 3.05) is 20.2 Å². The molecule has 1 aromatic carbocycles. The average Bonchev–Trinajstić information content (AvgIpc) is 2.27. The van der Waals surface area contributed by atoms with E-state index in [1.54, 1.807) is 0 Å². The Morgan fingerprint density at radius 2 is 2.06 bits per heavy atom. The number of aliphatic hydroxyl groups excluding tert-OH is 1. The fraction of sp³-hybridized carbons (Fsp3) is 0.364. The summed E-state index contributed by atoms with van der Waals surface area (Å²) < 4.78 is 37.8. The van der Waals surface area contributed by atoms with Crippen LogP contribution >= 0.6 is 15.9 Å². The minimum absolute atomic E-state index is 0.0657. The monoisotopic (exact) mass is 325 g/mol. The first-order chi connectivity index (χ1) is 8.27. The van der Waals surface area contributed by atoms with E-state index in [-0.39, 0.29) is 23.2 Å². The first kappa shape index (κ1) is 15.0. The summed E-state index contributed by atoms with van der Waals surface area (Å²) in [5, 5.41) is 8.68. The highest BCUT2D eigenvalue weighted by molar-refractivity contribution is 9.10. The number of amides is 1. The zero-order valence-electron chi connectivity index (χ0n) is 9.46. The zero-order valence-corrected chi connectivity index (χ0v) is 11.0. The molecular weight excluding hydrogens is 315 g/mol. The molecule has 0 fully saturated rings. The highest BCUT2D eigenvalue weighted by atomic mass is 79.9. The summed E-state index contributed by atoms with van der Waals surface area (Å²) in [6.45, 7) is -0.179. The number of hydrogen-bond acceptors (Lipinski definition) is 2. The molecule has 0 aliphatic heterocycles. The Morgan fingerprint density at radius 1 is 1.44 bits per heavy atom. The van der Waals surface area contributed by atoms with Gasteiger partial charge in [-0.1, -0.05) is 15.9 Å². The van der Waals surface area contributed by atoms with Crippen LogP contribution in [-0.2, 0) is 6.18 Å². The van der Waals surface area contributed by atoms with E-state index in [1.807, 2.05) is 0 Å². The van der Waals surface area contributed by atoms with E-state index in [4.69, 9.17) is 5.11 Å². The van der Waals surface area contributed by atoms with Gasteiger partial charge in [0.1, 0.15) is 0 Å². The van der Waals surface area contributed by atoms with Gasteiger partial charge in [0, 0.05) is 23.6 Å². The molecule has 0 saturated carbocycles. The maximum Gasteiger partial charge on any atom is 0.417 e. The first-order valence-electron chi connectivity index (χ1n) is 5.00. The van der Waals surface area contributed by atoms with Gasteiger partial charge in [0.05, 0.1) is 12.2 Å². The molecule has 0 atom stereocenters. The minimum atomic E-state index is -4.52. The molecule has 1 aromatic rings. The molecule has 0 spiro atoms. The number of aliphatic hydroxyl groups is 1. The van der Waals surface area contributed by atoms with Crippen LogP contribution in [0.4, 0.5) is 13.2 Å². The maximum atomic E-state index is 12.6. The van der Waals surface area contributed by atoms with Crippen molar-refractivity contribution in [3.8, 4) is 0 Å². The third-order valence-corrected chi connectivity index (χ3v) is 2.99. The molecule has 18 heavy (non-hydrogen) atoms. The van der Waals surface area contributed by atoms with Crippen molar-refractivity contribution < 1.29 is 23.1 Å². The fourth-order valence-electron chi connectivity index (χ4n) is 1.35. The predicted octanol–water partition coefficient (Wildman–Crippen LogP) is 2.53. The molecule has 0 saturated heterocycles. The van der Waals surface area contributed by atoms with E-state index >= 15 is 0 Å². The van der Waals surface area contributed by atoms with Gasteiger partial charge >= 0.3 is 6.18 Å². The number of hydrogen-bond donors (Lipinski definition) is 1. The second kappa shape index (κ2) is 5.71. The Kier molecular flexibility index (Phi) is 4.75. The van der Waals surface area contributed by atoms with Crippen LogP contribution in [0.1, 0.15) is 15.9 Å². The lowest BCUT2D eigenvalue weighted by Crippen LogP contribution is -2.29. The molecule has 1 N–H and O–H groups in total. The van der Waals surface area contributed by atoms with Crippen molar-refractivity contribution in [3.05, 3.63) is 33.8 Å². The fourth-order valence-corrected chi connectivity index (χ4v) is 1.82. The highest BCUT2D eigenvalue weighted by Gasteiger charge is 2.33. The standard InChI is InChI=1S/C11H11BrF3NO2/c1-16(4-5-17)10(18)7-2-3-9(12)8(6-7)11(13,14)15/h2-3,6,17H,4-5H2,1H3. The second-order valence-corrected chi connectivity index (χ2v) is 4.50. The van der Waals surface area contributed by atoms with Gasteiger partial charge in [-0.15, -0.1) is 0 Å². The van der Waals surface area contributed by atoms with Crippen molar-refractivity contribution in [2.24, 2.45) is 0 Å². The van der Waals surface area contributed by atoms with Crippen molar-refractivity contribution in [3.63, 3.8) is 0 Å². The SMILES string of the molecule is CN(CCO)C(=O)c1ccc(Br)c(C(F)(F)F)c1. The molecule has 3 nitrogen and oxygen atoms in total. The van der Waals surface area contributed by atoms with Crippen molar-refractivity contribution in [1.82, 2.24) is 4.90 Å². The molecule has 1 amide bonds. The minimum Gasteiger partial charge on any atom is -0.395 e. The lowest BCUT2D eigenvalue weighted by atomic mass is 10.1. The van der Waals surface area contributed by atoms with Crippen molar-refractivity contribution in [2.45, 2.75) is 6.18 Å². The van der Waals surface area contributed by atoms with Crippen LogP contribution in [0.25, 0.3) is 0 Å². The summed E-state index contributed by atoms with van der Waals surface area (Å²) in [4.78, 5) is 12.9.